The van der Waals surface area contributed by atoms with Crippen LogP contribution in [0.25, 0.3) is 11.3 Å². The van der Waals surface area contributed by atoms with Gasteiger partial charge in [-0.25, -0.2) is 0 Å². The standard InChI is InChI=1S/C10H5ClN2O/c11-9-4-2-1-3-8(9)10-7(5-12)6-14-13-10/h1-4,6H. The summed E-state index contributed by atoms with van der Waals surface area (Å²) >= 11 is 5.95. The summed E-state index contributed by atoms with van der Waals surface area (Å²) in [6, 6.07) is 9.17. The van der Waals surface area contributed by atoms with Crippen molar-refractivity contribution in [1.29, 1.82) is 5.26 Å². The van der Waals surface area contributed by atoms with Crippen molar-refractivity contribution in [2.75, 3.05) is 0 Å². The number of halogens is 1. The molecule has 68 valence electrons. The fraction of sp³-hybridized carbons (Fsp3) is 0. The van der Waals surface area contributed by atoms with E-state index < -0.39 is 0 Å². The van der Waals surface area contributed by atoms with Gasteiger partial charge in [0.1, 0.15) is 23.6 Å². The normalized spacial score (nSPS) is 9.71. The lowest BCUT2D eigenvalue weighted by molar-refractivity contribution is 0.422. The molecule has 0 amide bonds. The number of nitriles is 1. The number of hydrogen-bond donors (Lipinski definition) is 0. The molecule has 0 saturated heterocycles. The highest BCUT2D eigenvalue weighted by Crippen LogP contribution is 2.28. The van der Waals surface area contributed by atoms with Crippen LogP contribution in [0.4, 0.5) is 0 Å². The zero-order chi connectivity index (χ0) is 9.97. The molecule has 0 fully saturated rings. The largest absolute Gasteiger partial charge is 0.363 e. The third-order valence-corrected chi connectivity index (χ3v) is 2.15. The van der Waals surface area contributed by atoms with E-state index in [1.807, 2.05) is 18.2 Å². The van der Waals surface area contributed by atoms with Crippen LogP contribution in [0.5, 0.6) is 0 Å². The molecule has 0 atom stereocenters. The molecular weight excluding hydrogens is 200 g/mol. The first-order valence-electron chi connectivity index (χ1n) is 3.92. The average Bonchev–Trinajstić information content (AvgIpc) is 2.66. The highest BCUT2D eigenvalue weighted by atomic mass is 35.5. The van der Waals surface area contributed by atoms with Gasteiger partial charge in [-0.05, 0) is 6.07 Å². The highest BCUT2D eigenvalue weighted by molar-refractivity contribution is 6.33. The van der Waals surface area contributed by atoms with Crippen molar-refractivity contribution in [3.05, 3.63) is 41.1 Å². The number of rotatable bonds is 1. The molecule has 0 unspecified atom stereocenters. The van der Waals surface area contributed by atoms with Crippen LogP contribution in [0.1, 0.15) is 5.56 Å². The lowest BCUT2D eigenvalue weighted by atomic mass is 10.1. The second kappa shape index (κ2) is 3.52. The molecule has 14 heavy (non-hydrogen) atoms. The molecule has 0 aliphatic rings. The Bertz CT molecular complexity index is 499. The summed E-state index contributed by atoms with van der Waals surface area (Å²) in [7, 11) is 0. The zero-order valence-corrected chi connectivity index (χ0v) is 7.82. The molecular formula is C10H5ClN2O. The van der Waals surface area contributed by atoms with Crippen molar-refractivity contribution >= 4 is 11.6 Å². The van der Waals surface area contributed by atoms with Gasteiger partial charge in [-0.2, -0.15) is 5.26 Å². The molecule has 1 aromatic heterocycles. The molecule has 0 saturated carbocycles. The molecule has 2 rings (SSSR count). The van der Waals surface area contributed by atoms with Gasteiger partial charge in [-0.15, -0.1) is 0 Å². The summed E-state index contributed by atoms with van der Waals surface area (Å²) in [5, 5.41) is 13.1. The van der Waals surface area contributed by atoms with Gasteiger partial charge < -0.3 is 4.52 Å². The van der Waals surface area contributed by atoms with E-state index in [4.69, 9.17) is 21.4 Å². The second-order valence-corrected chi connectivity index (χ2v) is 3.08. The topological polar surface area (TPSA) is 49.8 Å². The van der Waals surface area contributed by atoms with E-state index in [-0.39, 0.29) is 0 Å². The Labute approximate surface area is 85.5 Å². The van der Waals surface area contributed by atoms with Crippen LogP contribution < -0.4 is 0 Å². The lowest BCUT2D eigenvalue weighted by Gasteiger charge is -1.98. The second-order valence-electron chi connectivity index (χ2n) is 2.67. The minimum Gasteiger partial charge on any atom is -0.363 e. The Kier molecular flexibility index (Phi) is 2.21. The minimum absolute atomic E-state index is 0.387. The maximum Gasteiger partial charge on any atom is 0.142 e. The van der Waals surface area contributed by atoms with Gasteiger partial charge >= 0.3 is 0 Å². The van der Waals surface area contributed by atoms with Crippen LogP contribution in [0.15, 0.2) is 35.1 Å². The summed E-state index contributed by atoms with van der Waals surface area (Å²) in [6.45, 7) is 0. The SMILES string of the molecule is N#Cc1conc1-c1ccccc1Cl. The van der Waals surface area contributed by atoms with Gasteiger partial charge in [0.2, 0.25) is 0 Å². The zero-order valence-electron chi connectivity index (χ0n) is 7.07. The molecule has 0 aliphatic carbocycles. The molecule has 3 nitrogen and oxygen atoms in total. The van der Waals surface area contributed by atoms with Crippen molar-refractivity contribution < 1.29 is 4.52 Å². The molecule has 1 heterocycles. The highest BCUT2D eigenvalue weighted by Gasteiger charge is 2.11. The summed E-state index contributed by atoms with van der Waals surface area (Å²) < 4.78 is 4.71. The van der Waals surface area contributed by atoms with E-state index in [1.54, 1.807) is 12.1 Å². The Morgan fingerprint density at radius 2 is 2.14 bits per heavy atom. The third kappa shape index (κ3) is 1.36. The van der Waals surface area contributed by atoms with E-state index in [0.29, 0.717) is 21.8 Å². The first kappa shape index (κ1) is 8.79. The van der Waals surface area contributed by atoms with E-state index in [0.717, 1.165) is 0 Å². The van der Waals surface area contributed by atoms with Crippen LogP contribution >= 0.6 is 11.6 Å². The predicted molar refractivity (Wildman–Crippen MR) is 51.7 cm³/mol. The van der Waals surface area contributed by atoms with Crippen LogP contribution in [0.2, 0.25) is 5.02 Å². The fourth-order valence-electron chi connectivity index (χ4n) is 1.16. The Hall–Kier alpha value is -1.79. The minimum atomic E-state index is 0.387. The van der Waals surface area contributed by atoms with Crippen LogP contribution in [-0.4, -0.2) is 5.16 Å². The number of benzene rings is 1. The molecule has 0 radical (unpaired) electrons. The average molecular weight is 205 g/mol. The van der Waals surface area contributed by atoms with Crippen LogP contribution in [0.3, 0.4) is 0 Å². The van der Waals surface area contributed by atoms with Crippen molar-refractivity contribution in [2.45, 2.75) is 0 Å². The van der Waals surface area contributed by atoms with Gasteiger partial charge in [-0.1, -0.05) is 35.0 Å². The van der Waals surface area contributed by atoms with Crippen molar-refractivity contribution in [1.82, 2.24) is 5.16 Å². The van der Waals surface area contributed by atoms with Crippen molar-refractivity contribution in [3.63, 3.8) is 0 Å². The summed E-state index contributed by atoms with van der Waals surface area (Å²) in [5.74, 6) is 0. The Morgan fingerprint density at radius 1 is 1.36 bits per heavy atom. The van der Waals surface area contributed by atoms with Gasteiger partial charge in [0.25, 0.3) is 0 Å². The van der Waals surface area contributed by atoms with E-state index in [9.17, 15) is 0 Å². The molecule has 2 aromatic rings. The third-order valence-electron chi connectivity index (χ3n) is 1.82. The van der Waals surface area contributed by atoms with Gasteiger partial charge in [0, 0.05) is 5.56 Å². The van der Waals surface area contributed by atoms with Gasteiger partial charge in [0.05, 0.1) is 5.02 Å². The van der Waals surface area contributed by atoms with E-state index in [2.05, 4.69) is 5.16 Å². The molecule has 4 heteroatoms. The molecule has 1 aromatic carbocycles. The van der Waals surface area contributed by atoms with Crippen LogP contribution in [0, 0.1) is 11.3 Å². The first-order chi connectivity index (χ1) is 6.83. The molecule has 0 aliphatic heterocycles. The fourth-order valence-corrected chi connectivity index (χ4v) is 1.39. The molecule has 0 bridgehead atoms. The number of hydrogen-bond acceptors (Lipinski definition) is 3. The Balaban J connectivity index is 2.62. The lowest BCUT2D eigenvalue weighted by Crippen LogP contribution is -1.82. The summed E-state index contributed by atoms with van der Waals surface area (Å²) in [6.07, 6.45) is 1.30. The molecule has 0 spiro atoms. The van der Waals surface area contributed by atoms with Crippen molar-refractivity contribution in [2.24, 2.45) is 0 Å². The van der Waals surface area contributed by atoms with Crippen molar-refractivity contribution in [3.8, 4) is 17.3 Å². The van der Waals surface area contributed by atoms with Gasteiger partial charge in [-0.3, -0.25) is 0 Å². The maximum atomic E-state index is 8.77. The van der Waals surface area contributed by atoms with Gasteiger partial charge in [0.15, 0.2) is 0 Å². The van der Waals surface area contributed by atoms with Crippen LogP contribution in [-0.2, 0) is 0 Å². The summed E-state index contributed by atoms with van der Waals surface area (Å²) in [4.78, 5) is 0. The van der Waals surface area contributed by atoms with E-state index in [1.165, 1.54) is 6.26 Å². The monoisotopic (exact) mass is 204 g/mol. The summed E-state index contributed by atoms with van der Waals surface area (Å²) in [5.41, 5.74) is 1.58. The molecule has 0 N–H and O–H groups in total. The number of nitrogens with zero attached hydrogens (tertiary/aromatic N) is 2. The Morgan fingerprint density at radius 3 is 2.86 bits per heavy atom. The first-order valence-corrected chi connectivity index (χ1v) is 4.30. The number of aromatic nitrogens is 1. The predicted octanol–water partition coefficient (Wildman–Crippen LogP) is 2.87. The quantitative estimate of drug-likeness (QED) is 0.718. The smallest absolute Gasteiger partial charge is 0.142 e. The maximum absolute atomic E-state index is 8.77. The van der Waals surface area contributed by atoms with E-state index >= 15 is 0 Å².